The maximum atomic E-state index is 13.8. The third-order valence-electron chi connectivity index (χ3n) is 3.84. The summed E-state index contributed by atoms with van der Waals surface area (Å²) < 4.78 is 13.8. The molecule has 0 bridgehead atoms. The summed E-state index contributed by atoms with van der Waals surface area (Å²) in [4.78, 5) is 0. The Morgan fingerprint density at radius 2 is 1.45 bits per heavy atom. The second-order valence-corrected chi connectivity index (χ2v) is 9.96. The van der Waals surface area contributed by atoms with Crippen LogP contribution in [0.1, 0.15) is 31.9 Å². The number of rotatable bonds is 3. The highest BCUT2D eigenvalue weighted by Gasteiger charge is 2.38. The lowest BCUT2D eigenvalue weighted by atomic mass is 10.2. The summed E-state index contributed by atoms with van der Waals surface area (Å²) in [5, 5.41) is 0.783. The second-order valence-electron chi connectivity index (χ2n) is 6.34. The van der Waals surface area contributed by atoms with Crippen molar-refractivity contribution in [2.24, 2.45) is 0 Å². The molecule has 1 atom stereocenters. The van der Waals surface area contributed by atoms with Crippen molar-refractivity contribution in [3.63, 3.8) is 0 Å². The van der Waals surface area contributed by atoms with Crippen LogP contribution in [0.25, 0.3) is 0 Å². The van der Waals surface area contributed by atoms with E-state index in [0.717, 1.165) is 16.4 Å². The lowest BCUT2D eigenvalue weighted by Crippen LogP contribution is -2.26. The van der Waals surface area contributed by atoms with E-state index >= 15 is 0 Å². The van der Waals surface area contributed by atoms with E-state index in [2.05, 4.69) is 45.9 Å². The van der Waals surface area contributed by atoms with Crippen molar-refractivity contribution < 1.29 is 4.57 Å². The van der Waals surface area contributed by atoms with E-state index in [1.165, 1.54) is 0 Å². The van der Waals surface area contributed by atoms with Gasteiger partial charge >= 0.3 is 0 Å². The normalized spacial score (nSPS) is 14.8. The van der Waals surface area contributed by atoms with E-state index in [4.69, 9.17) is 0 Å². The topological polar surface area (TPSA) is 17.1 Å². The van der Waals surface area contributed by atoms with E-state index in [1.807, 2.05) is 36.4 Å². The van der Waals surface area contributed by atoms with Gasteiger partial charge in [-0.05, 0) is 18.1 Å². The first-order valence-electron chi connectivity index (χ1n) is 7.04. The summed E-state index contributed by atoms with van der Waals surface area (Å²) in [6.07, 6.45) is 0.627. The summed E-state index contributed by atoms with van der Waals surface area (Å²) in [6.45, 7) is 8.31. The molecule has 0 amide bonds. The van der Waals surface area contributed by atoms with Gasteiger partial charge in [0.05, 0.1) is 0 Å². The number of hydrogen-bond acceptors (Lipinski definition) is 1. The molecule has 0 aliphatic rings. The summed E-state index contributed by atoms with van der Waals surface area (Å²) in [5.74, 6) is 0. The van der Waals surface area contributed by atoms with Gasteiger partial charge < -0.3 is 4.57 Å². The van der Waals surface area contributed by atoms with Gasteiger partial charge in [0.2, 0.25) is 0 Å². The van der Waals surface area contributed by atoms with Crippen LogP contribution in [0, 0.1) is 6.92 Å². The molecule has 2 rings (SSSR count). The minimum absolute atomic E-state index is 0.241. The molecule has 1 nitrogen and oxygen atoms in total. The van der Waals surface area contributed by atoms with E-state index in [-0.39, 0.29) is 5.16 Å². The Morgan fingerprint density at radius 1 is 0.900 bits per heavy atom. The van der Waals surface area contributed by atoms with Gasteiger partial charge in [-0.15, -0.1) is 0 Å². The Balaban J connectivity index is 2.53. The van der Waals surface area contributed by atoms with Gasteiger partial charge in [-0.3, -0.25) is 0 Å². The first-order chi connectivity index (χ1) is 9.34. The van der Waals surface area contributed by atoms with Crippen LogP contribution in [0.3, 0.4) is 0 Å². The van der Waals surface area contributed by atoms with E-state index < -0.39 is 7.14 Å². The Hall–Kier alpha value is -1.33. The van der Waals surface area contributed by atoms with Crippen LogP contribution in [0.15, 0.2) is 54.6 Å². The molecule has 2 aromatic rings. The maximum absolute atomic E-state index is 13.8. The molecule has 0 aliphatic heterocycles. The van der Waals surface area contributed by atoms with Gasteiger partial charge in [0.15, 0.2) is 0 Å². The minimum Gasteiger partial charge on any atom is -0.318 e. The Morgan fingerprint density at radius 3 is 2.00 bits per heavy atom. The third kappa shape index (κ3) is 2.88. The maximum Gasteiger partial charge on any atom is 0.125 e. The SMILES string of the molecule is Cc1ccccc1[P@@](=O)(Cc1ccccc1)C(C)(C)C. The summed E-state index contributed by atoms with van der Waals surface area (Å²) >= 11 is 0. The van der Waals surface area contributed by atoms with Crippen molar-refractivity contribution in [3.05, 3.63) is 65.7 Å². The van der Waals surface area contributed by atoms with Gasteiger partial charge in [-0.1, -0.05) is 75.4 Å². The molecule has 0 radical (unpaired) electrons. The van der Waals surface area contributed by atoms with Crippen LogP contribution in [-0.4, -0.2) is 5.16 Å². The predicted molar refractivity (Wildman–Crippen MR) is 88.3 cm³/mol. The van der Waals surface area contributed by atoms with E-state index in [9.17, 15) is 4.57 Å². The van der Waals surface area contributed by atoms with Crippen molar-refractivity contribution in [2.75, 3.05) is 0 Å². The summed E-state index contributed by atoms with van der Waals surface area (Å²) in [5.41, 5.74) is 2.27. The molecule has 0 saturated heterocycles. The highest BCUT2D eigenvalue weighted by molar-refractivity contribution is 7.72. The highest BCUT2D eigenvalue weighted by Crippen LogP contribution is 2.59. The van der Waals surface area contributed by atoms with Gasteiger partial charge in [-0.2, -0.15) is 0 Å². The van der Waals surface area contributed by atoms with Crippen LogP contribution in [0.4, 0.5) is 0 Å². The zero-order valence-corrected chi connectivity index (χ0v) is 13.7. The minimum atomic E-state index is -2.52. The Bertz CT molecular complexity index is 623. The van der Waals surface area contributed by atoms with Gasteiger partial charge in [-0.25, -0.2) is 0 Å². The monoisotopic (exact) mass is 286 g/mol. The lowest BCUT2D eigenvalue weighted by Gasteiger charge is -2.33. The van der Waals surface area contributed by atoms with Crippen LogP contribution in [0.2, 0.25) is 0 Å². The number of aryl methyl sites for hydroxylation is 1. The predicted octanol–water partition coefficient (Wildman–Crippen LogP) is 4.98. The van der Waals surface area contributed by atoms with E-state index in [0.29, 0.717) is 6.16 Å². The molecule has 20 heavy (non-hydrogen) atoms. The summed E-state index contributed by atoms with van der Waals surface area (Å²) in [6, 6.07) is 18.2. The third-order valence-corrected chi connectivity index (χ3v) is 8.09. The molecule has 0 spiro atoms. The van der Waals surface area contributed by atoms with Crippen molar-refractivity contribution in [2.45, 2.75) is 39.0 Å². The van der Waals surface area contributed by atoms with Crippen LogP contribution in [0.5, 0.6) is 0 Å². The number of hydrogen-bond donors (Lipinski definition) is 0. The molecule has 0 unspecified atom stereocenters. The smallest absolute Gasteiger partial charge is 0.125 e. The van der Waals surface area contributed by atoms with Crippen molar-refractivity contribution >= 4 is 12.4 Å². The van der Waals surface area contributed by atoms with Gasteiger partial charge in [0.1, 0.15) is 7.14 Å². The zero-order chi connectivity index (χ0) is 14.8. The molecule has 0 saturated carbocycles. The average molecular weight is 286 g/mol. The molecular formula is C18H23OP. The molecule has 0 heterocycles. The molecule has 0 N–H and O–H groups in total. The molecule has 0 aliphatic carbocycles. The standard InChI is InChI=1S/C18H23OP/c1-15-10-8-9-13-17(15)20(19,18(2,3)4)14-16-11-6-5-7-12-16/h5-13H,14H2,1-4H3/t20-/m0/s1. The van der Waals surface area contributed by atoms with Crippen LogP contribution < -0.4 is 5.30 Å². The molecule has 2 heteroatoms. The molecule has 0 aromatic heterocycles. The quantitative estimate of drug-likeness (QED) is 0.727. The lowest BCUT2D eigenvalue weighted by molar-refractivity contribution is 0.555. The van der Waals surface area contributed by atoms with Gasteiger partial charge in [0, 0.05) is 16.6 Å². The average Bonchev–Trinajstić information content (AvgIpc) is 2.39. The zero-order valence-electron chi connectivity index (χ0n) is 12.8. The van der Waals surface area contributed by atoms with Crippen molar-refractivity contribution in [1.29, 1.82) is 0 Å². The molecule has 106 valence electrons. The summed E-state index contributed by atoms with van der Waals surface area (Å²) in [7, 11) is -2.52. The number of benzene rings is 2. The van der Waals surface area contributed by atoms with Gasteiger partial charge in [0.25, 0.3) is 0 Å². The second kappa shape index (κ2) is 5.58. The fourth-order valence-corrected chi connectivity index (χ4v) is 5.56. The van der Waals surface area contributed by atoms with Crippen LogP contribution >= 0.6 is 7.14 Å². The highest BCUT2D eigenvalue weighted by atomic mass is 31.2. The Labute approximate surface area is 122 Å². The first-order valence-corrected chi connectivity index (χ1v) is 8.93. The molecular weight excluding hydrogens is 263 g/mol. The van der Waals surface area contributed by atoms with Crippen LogP contribution in [-0.2, 0) is 10.7 Å². The fraction of sp³-hybridized carbons (Fsp3) is 0.333. The van der Waals surface area contributed by atoms with Crippen molar-refractivity contribution in [1.82, 2.24) is 0 Å². The van der Waals surface area contributed by atoms with Crippen molar-refractivity contribution in [3.8, 4) is 0 Å². The Kier molecular flexibility index (Phi) is 4.20. The van der Waals surface area contributed by atoms with E-state index in [1.54, 1.807) is 0 Å². The molecule has 2 aromatic carbocycles. The first kappa shape index (κ1) is 15.1. The molecule has 0 fully saturated rings. The fourth-order valence-electron chi connectivity index (χ4n) is 2.49. The largest absolute Gasteiger partial charge is 0.318 e.